The van der Waals surface area contributed by atoms with E-state index in [4.69, 9.17) is 0 Å². The van der Waals surface area contributed by atoms with E-state index in [2.05, 4.69) is 33.4 Å². The third kappa shape index (κ3) is 2.50. The van der Waals surface area contributed by atoms with Crippen LogP contribution in [0.5, 0.6) is 0 Å². The number of aliphatic hydroxyl groups excluding tert-OH is 1. The SMILES string of the molecule is OC(Cc1cc(Br)cs1)c1cc2c(s1)CCC2. The first-order valence-electron chi connectivity index (χ1n) is 5.75. The number of hydrogen-bond acceptors (Lipinski definition) is 3. The lowest BCUT2D eigenvalue weighted by molar-refractivity contribution is 0.183. The van der Waals surface area contributed by atoms with Crippen molar-refractivity contribution in [3.8, 4) is 0 Å². The van der Waals surface area contributed by atoms with E-state index in [0.717, 1.165) is 15.8 Å². The van der Waals surface area contributed by atoms with Gasteiger partial charge in [-0.25, -0.2) is 0 Å². The summed E-state index contributed by atoms with van der Waals surface area (Å²) < 4.78 is 1.11. The average molecular weight is 329 g/mol. The molecule has 0 fully saturated rings. The standard InChI is InChI=1S/C13H13BrOS2/c14-9-5-10(16-7-9)6-11(15)13-4-8-2-1-3-12(8)17-13/h4-5,7,11,15H,1-3,6H2. The van der Waals surface area contributed by atoms with E-state index in [1.807, 2.05) is 0 Å². The molecular formula is C13H13BrOS2. The van der Waals surface area contributed by atoms with Crippen molar-refractivity contribution in [2.75, 3.05) is 0 Å². The number of aliphatic hydroxyl groups is 1. The zero-order valence-corrected chi connectivity index (χ0v) is 12.5. The summed E-state index contributed by atoms with van der Waals surface area (Å²) in [7, 11) is 0. The summed E-state index contributed by atoms with van der Waals surface area (Å²) in [5.41, 5.74) is 1.47. The molecule has 0 saturated heterocycles. The molecule has 0 amide bonds. The molecule has 4 heteroatoms. The van der Waals surface area contributed by atoms with Crippen molar-refractivity contribution < 1.29 is 5.11 Å². The maximum Gasteiger partial charge on any atom is 0.0930 e. The van der Waals surface area contributed by atoms with Crippen LogP contribution in [-0.2, 0) is 19.3 Å². The van der Waals surface area contributed by atoms with Crippen LogP contribution in [0.4, 0.5) is 0 Å². The fourth-order valence-electron chi connectivity index (χ4n) is 2.27. The van der Waals surface area contributed by atoms with E-state index in [9.17, 15) is 5.11 Å². The van der Waals surface area contributed by atoms with Crippen molar-refractivity contribution in [3.05, 3.63) is 42.2 Å². The topological polar surface area (TPSA) is 20.2 Å². The highest BCUT2D eigenvalue weighted by atomic mass is 79.9. The van der Waals surface area contributed by atoms with E-state index in [-0.39, 0.29) is 6.10 Å². The Morgan fingerprint density at radius 1 is 1.35 bits per heavy atom. The van der Waals surface area contributed by atoms with Gasteiger partial charge in [-0.15, -0.1) is 22.7 Å². The highest BCUT2D eigenvalue weighted by Crippen LogP contribution is 2.35. The Hall–Kier alpha value is -0.160. The normalized spacial score (nSPS) is 16.1. The lowest BCUT2D eigenvalue weighted by Crippen LogP contribution is -1.97. The third-order valence-electron chi connectivity index (χ3n) is 3.11. The van der Waals surface area contributed by atoms with Gasteiger partial charge < -0.3 is 5.11 Å². The van der Waals surface area contributed by atoms with E-state index < -0.39 is 0 Å². The Bertz CT molecular complexity index is 508. The predicted molar refractivity (Wildman–Crippen MR) is 77.0 cm³/mol. The maximum atomic E-state index is 10.2. The van der Waals surface area contributed by atoms with E-state index >= 15 is 0 Å². The Balaban J connectivity index is 1.75. The summed E-state index contributed by atoms with van der Waals surface area (Å²) in [6.45, 7) is 0. The average Bonchev–Trinajstić information content (AvgIpc) is 2.92. The van der Waals surface area contributed by atoms with Gasteiger partial charge in [0, 0.05) is 30.9 Å². The highest BCUT2D eigenvalue weighted by Gasteiger charge is 2.19. The lowest BCUT2D eigenvalue weighted by atomic mass is 10.1. The minimum Gasteiger partial charge on any atom is -0.387 e. The van der Waals surface area contributed by atoms with Gasteiger partial charge in [-0.05, 0) is 52.9 Å². The van der Waals surface area contributed by atoms with Crippen molar-refractivity contribution in [3.63, 3.8) is 0 Å². The van der Waals surface area contributed by atoms with Gasteiger partial charge >= 0.3 is 0 Å². The quantitative estimate of drug-likeness (QED) is 0.888. The van der Waals surface area contributed by atoms with Crippen LogP contribution in [0.25, 0.3) is 0 Å². The van der Waals surface area contributed by atoms with Crippen molar-refractivity contribution in [2.24, 2.45) is 0 Å². The molecule has 1 unspecified atom stereocenters. The first-order valence-corrected chi connectivity index (χ1v) is 8.24. The molecule has 1 N–H and O–H groups in total. The minimum atomic E-state index is -0.337. The molecule has 1 nitrogen and oxygen atoms in total. The van der Waals surface area contributed by atoms with Crippen LogP contribution in [0, 0.1) is 0 Å². The smallest absolute Gasteiger partial charge is 0.0930 e. The molecule has 3 rings (SSSR count). The predicted octanol–water partition coefficient (Wildman–Crippen LogP) is 4.34. The molecule has 0 radical (unpaired) electrons. The number of hydrogen-bond donors (Lipinski definition) is 1. The number of halogens is 1. The van der Waals surface area contributed by atoms with Crippen molar-refractivity contribution in [2.45, 2.75) is 31.8 Å². The summed E-state index contributed by atoms with van der Waals surface area (Å²) in [6, 6.07) is 4.30. The van der Waals surface area contributed by atoms with E-state index in [1.54, 1.807) is 22.7 Å². The van der Waals surface area contributed by atoms with Gasteiger partial charge in [0.2, 0.25) is 0 Å². The Labute approximate surface area is 117 Å². The van der Waals surface area contributed by atoms with Crippen molar-refractivity contribution >= 4 is 38.6 Å². The monoisotopic (exact) mass is 328 g/mol. The van der Waals surface area contributed by atoms with Gasteiger partial charge in [-0.2, -0.15) is 0 Å². The first-order chi connectivity index (χ1) is 8.22. The summed E-state index contributed by atoms with van der Waals surface area (Å²) in [5.74, 6) is 0. The lowest BCUT2D eigenvalue weighted by Gasteiger charge is -2.06. The Morgan fingerprint density at radius 3 is 2.94 bits per heavy atom. The zero-order chi connectivity index (χ0) is 11.8. The van der Waals surface area contributed by atoms with Crippen LogP contribution in [0.1, 0.15) is 32.7 Å². The second-order valence-corrected chi connectivity index (χ2v) is 7.48. The van der Waals surface area contributed by atoms with Crippen LogP contribution < -0.4 is 0 Å². The summed E-state index contributed by atoms with van der Waals surface area (Å²) in [6.07, 6.45) is 4.09. The van der Waals surface area contributed by atoms with Gasteiger partial charge in [0.25, 0.3) is 0 Å². The van der Waals surface area contributed by atoms with Crippen LogP contribution >= 0.6 is 38.6 Å². The molecule has 0 aromatic carbocycles. The Morgan fingerprint density at radius 2 is 2.24 bits per heavy atom. The minimum absolute atomic E-state index is 0.337. The number of aryl methyl sites for hydroxylation is 2. The van der Waals surface area contributed by atoms with Gasteiger partial charge in [-0.3, -0.25) is 0 Å². The van der Waals surface area contributed by atoms with E-state index in [0.29, 0.717) is 0 Å². The molecule has 2 aromatic rings. The molecular weight excluding hydrogens is 316 g/mol. The molecule has 0 bridgehead atoms. The number of fused-ring (bicyclic) bond motifs is 1. The summed E-state index contributed by atoms with van der Waals surface area (Å²) in [5, 5.41) is 12.3. The summed E-state index contributed by atoms with van der Waals surface area (Å²) in [4.78, 5) is 3.86. The second-order valence-electron chi connectivity index (χ2n) is 4.40. The molecule has 1 atom stereocenters. The van der Waals surface area contributed by atoms with Crippen LogP contribution in [0.3, 0.4) is 0 Å². The number of rotatable bonds is 3. The maximum absolute atomic E-state index is 10.2. The largest absolute Gasteiger partial charge is 0.387 e. The molecule has 90 valence electrons. The molecule has 0 spiro atoms. The molecule has 2 heterocycles. The zero-order valence-electron chi connectivity index (χ0n) is 9.28. The Kier molecular flexibility index (Phi) is 3.39. The fraction of sp³-hybridized carbons (Fsp3) is 0.385. The van der Waals surface area contributed by atoms with Gasteiger partial charge in [0.05, 0.1) is 6.10 Å². The summed E-state index contributed by atoms with van der Waals surface area (Å²) >= 11 is 6.95. The number of thiophene rings is 2. The van der Waals surface area contributed by atoms with Gasteiger partial charge in [0.1, 0.15) is 0 Å². The third-order valence-corrected chi connectivity index (χ3v) is 6.17. The second kappa shape index (κ2) is 4.84. The molecule has 1 aliphatic carbocycles. The van der Waals surface area contributed by atoms with Crippen molar-refractivity contribution in [1.82, 2.24) is 0 Å². The van der Waals surface area contributed by atoms with Crippen LogP contribution in [0.15, 0.2) is 22.0 Å². The van der Waals surface area contributed by atoms with Crippen molar-refractivity contribution in [1.29, 1.82) is 0 Å². The van der Waals surface area contributed by atoms with E-state index in [1.165, 1.54) is 34.6 Å². The highest BCUT2D eigenvalue weighted by molar-refractivity contribution is 9.10. The van der Waals surface area contributed by atoms with Crippen LogP contribution in [0.2, 0.25) is 0 Å². The van der Waals surface area contributed by atoms with Gasteiger partial charge in [-0.1, -0.05) is 0 Å². The first kappa shape index (κ1) is 11.9. The molecule has 2 aromatic heterocycles. The molecule has 0 saturated carbocycles. The fourth-order valence-corrected chi connectivity index (χ4v) is 5.00. The molecule has 0 aliphatic heterocycles. The molecule has 1 aliphatic rings. The van der Waals surface area contributed by atoms with Gasteiger partial charge in [0.15, 0.2) is 0 Å². The molecule has 17 heavy (non-hydrogen) atoms. The van der Waals surface area contributed by atoms with Crippen LogP contribution in [-0.4, -0.2) is 5.11 Å².